The predicted molar refractivity (Wildman–Crippen MR) is 93.7 cm³/mol. The Morgan fingerprint density at radius 2 is 2.00 bits per heavy atom. The number of allylic oxidation sites excluding steroid dienone is 1. The number of ether oxygens (including phenoxy) is 1. The van der Waals surface area contributed by atoms with Gasteiger partial charge in [-0.3, -0.25) is 4.79 Å². The van der Waals surface area contributed by atoms with Crippen molar-refractivity contribution >= 4 is 11.9 Å². The molecule has 1 atom stereocenters. The molecule has 2 aromatic rings. The molecule has 0 radical (unpaired) electrons. The van der Waals surface area contributed by atoms with Crippen LogP contribution in [-0.4, -0.2) is 12.9 Å². The third-order valence-corrected chi connectivity index (χ3v) is 4.52. The monoisotopic (exact) mass is 306 g/mol. The molecule has 3 rings (SSSR count). The molecule has 1 unspecified atom stereocenters. The number of Topliss-reactive ketones (excluding diaryl/α,β-unsaturated/α-hetero) is 1. The minimum absolute atomic E-state index is 0.244. The van der Waals surface area contributed by atoms with Crippen molar-refractivity contribution in [3.05, 3.63) is 71.3 Å². The van der Waals surface area contributed by atoms with Crippen LogP contribution >= 0.6 is 0 Å². The molecule has 0 heterocycles. The van der Waals surface area contributed by atoms with Crippen LogP contribution in [0.5, 0.6) is 5.75 Å². The molecule has 1 aliphatic rings. The SMILES string of the molecule is COc1cccc(/C=C2\CCCC2CC(=O)c2ccccc2)c1. The topological polar surface area (TPSA) is 26.3 Å². The van der Waals surface area contributed by atoms with Crippen molar-refractivity contribution in [3.8, 4) is 5.75 Å². The number of methoxy groups -OCH3 is 1. The highest BCUT2D eigenvalue weighted by atomic mass is 16.5. The van der Waals surface area contributed by atoms with Gasteiger partial charge in [-0.1, -0.05) is 54.1 Å². The maximum atomic E-state index is 12.5. The Bertz CT molecular complexity index is 701. The summed E-state index contributed by atoms with van der Waals surface area (Å²) < 4.78 is 5.29. The van der Waals surface area contributed by atoms with Crippen molar-refractivity contribution in [3.63, 3.8) is 0 Å². The fourth-order valence-corrected chi connectivity index (χ4v) is 3.28. The molecule has 0 saturated heterocycles. The minimum Gasteiger partial charge on any atom is -0.497 e. The summed E-state index contributed by atoms with van der Waals surface area (Å²) in [6, 6.07) is 17.7. The Labute approximate surface area is 137 Å². The maximum Gasteiger partial charge on any atom is 0.163 e. The fourth-order valence-electron chi connectivity index (χ4n) is 3.28. The Morgan fingerprint density at radius 3 is 2.78 bits per heavy atom. The molecule has 1 fully saturated rings. The molecule has 0 amide bonds. The fraction of sp³-hybridized carbons (Fsp3) is 0.286. The second-order valence-electron chi connectivity index (χ2n) is 6.08. The molecule has 23 heavy (non-hydrogen) atoms. The van der Waals surface area contributed by atoms with Crippen LogP contribution in [0.4, 0.5) is 0 Å². The largest absolute Gasteiger partial charge is 0.497 e. The number of ketones is 1. The first kappa shape index (κ1) is 15.5. The Morgan fingerprint density at radius 1 is 1.17 bits per heavy atom. The van der Waals surface area contributed by atoms with E-state index in [0.717, 1.165) is 29.7 Å². The number of carbonyl (C=O) groups is 1. The van der Waals surface area contributed by atoms with Gasteiger partial charge in [-0.25, -0.2) is 0 Å². The van der Waals surface area contributed by atoms with Crippen LogP contribution < -0.4 is 4.74 Å². The molecular weight excluding hydrogens is 284 g/mol. The smallest absolute Gasteiger partial charge is 0.163 e. The van der Waals surface area contributed by atoms with E-state index in [9.17, 15) is 4.79 Å². The zero-order valence-corrected chi connectivity index (χ0v) is 13.5. The van der Waals surface area contributed by atoms with Gasteiger partial charge in [0.1, 0.15) is 5.75 Å². The lowest BCUT2D eigenvalue weighted by Crippen LogP contribution is -2.07. The standard InChI is InChI=1S/C21H22O2/c1-23-20-12-5-7-16(14-20)13-18-10-6-11-19(18)15-21(22)17-8-3-2-4-9-17/h2-5,7-9,12-14,19H,6,10-11,15H2,1H3/b18-13+. The average molecular weight is 306 g/mol. The summed E-state index contributed by atoms with van der Waals surface area (Å²) in [5, 5.41) is 0. The van der Waals surface area contributed by atoms with Gasteiger partial charge in [0.2, 0.25) is 0 Å². The van der Waals surface area contributed by atoms with E-state index in [0.29, 0.717) is 12.3 Å². The number of rotatable bonds is 5. The van der Waals surface area contributed by atoms with Crippen LogP contribution in [0.2, 0.25) is 0 Å². The van der Waals surface area contributed by atoms with Gasteiger partial charge in [-0.05, 0) is 42.9 Å². The highest BCUT2D eigenvalue weighted by molar-refractivity contribution is 5.96. The summed E-state index contributed by atoms with van der Waals surface area (Å²) in [7, 11) is 1.68. The highest BCUT2D eigenvalue weighted by Crippen LogP contribution is 2.36. The summed E-state index contributed by atoms with van der Waals surface area (Å²) in [6.45, 7) is 0. The predicted octanol–water partition coefficient (Wildman–Crippen LogP) is 5.15. The normalized spacial score (nSPS) is 19.0. The zero-order chi connectivity index (χ0) is 16.1. The molecule has 0 aromatic heterocycles. The summed E-state index contributed by atoms with van der Waals surface area (Å²) in [4.78, 5) is 12.5. The Hall–Kier alpha value is -2.35. The van der Waals surface area contributed by atoms with Crippen molar-refractivity contribution in [1.29, 1.82) is 0 Å². The van der Waals surface area contributed by atoms with Crippen LogP contribution in [-0.2, 0) is 0 Å². The number of hydrogen-bond acceptors (Lipinski definition) is 2. The van der Waals surface area contributed by atoms with Gasteiger partial charge in [-0.15, -0.1) is 0 Å². The van der Waals surface area contributed by atoms with Crippen LogP contribution in [0.3, 0.4) is 0 Å². The van der Waals surface area contributed by atoms with Gasteiger partial charge < -0.3 is 4.74 Å². The zero-order valence-electron chi connectivity index (χ0n) is 13.5. The van der Waals surface area contributed by atoms with Crippen LogP contribution in [0.25, 0.3) is 6.08 Å². The van der Waals surface area contributed by atoms with E-state index in [-0.39, 0.29) is 5.78 Å². The van der Waals surface area contributed by atoms with Gasteiger partial charge in [-0.2, -0.15) is 0 Å². The van der Waals surface area contributed by atoms with Gasteiger partial charge >= 0.3 is 0 Å². The van der Waals surface area contributed by atoms with Gasteiger partial charge in [0, 0.05) is 12.0 Å². The second-order valence-corrected chi connectivity index (χ2v) is 6.08. The van der Waals surface area contributed by atoms with Crippen molar-refractivity contribution in [2.45, 2.75) is 25.7 Å². The molecule has 0 spiro atoms. The van der Waals surface area contributed by atoms with Gasteiger partial charge in [0.15, 0.2) is 5.78 Å². The van der Waals surface area contributed by atoms with E-state index in [1.165, 1.54) is 12.0 Å². The first-order valence-electron chi connectivity index (χ1n) is 8.19. The lowest BCUT2D eigenvalue weighted by atomic mass is 9.92. The molecule has 118 valence electrons. The number of benzene rings is 2. The molecule has 2 nitrogen and oxygen atoms in total. The number of carbonyl (C=O) groups excluding carboxylic acids is 1. The lowest BCUT2D eigenvalue weighted by Gasteiger charge is -2.12. The summed E-state index contributed by atoms with van der Waals surface area (Å²) in [5.41, 5.74) is 3.36. The molecule has 0 aliphatic heterocycles. The second kappa shape index (κ2) is 7.28. The van der Waals surface area contributed by atoms with E-state index in [1.54, 1.807) is 7.11 Å². The molecule has 0 bridgehead atoms. The van der Waals surface area contributed by atoms with Crippen molar-refractivity contribution in [2.75, 3.05) is 7.11 Å². The van der Waals surface area contributed by atoms with Crippen LogP contribution in [0.15, 0.2) is 60.2 Å². The van der Waals surface area contributed by atoms with Gasteiger partial charge in [0.05, 0.1) is 7.11 Å². The third kappa shape index (κ3) is 3.89. The minimum atomic E-state index is 0.244. The van der Waals surface area contributed by atoms with E-state index in [2.05, 4.69) is 12.1 Å². The van der Waals surface area contributed by atoms with Crippen molar-refractivity contribution in [1.82, 2.24) is 0 Å². The summed E-state index contributed by atoms with van der Waals surface area (Å²) in [5.74, 6) is 1.48. The molecule has 2 aromatic carbocycles. The number of hydrogen-bond donors (Lipinski definition) is 0. The third-order valence-electron chi connectivity index (χ3n) is 4.52. The van der Waals surface area contributed by atoms with Crippen molar-refractivity contribution < 1.29 is 9.53 Å². The average Bonchev–Trinajstić information content (AvgIpc) is 3.02. The first-order valence-corrected chi connectivity index (χ1v) is 8.19. The summed E-state index contributed by atoms with van der Waals surface area (Å²) in [6.07, 6.45) is 6.21. The first-order chi connectivity index (χ1) is 11.3. The lowest BCUT2D eigenvalue weighted by molar-refractivity contribution is 0.0968. The van der Waals surface area contributed by atoms with Crippen molar-refractivity contribution in [2.24, 2.45) is 5.92 Å². The van der Waals surface area contributed by atoms with Crippen LogP contribution in [0, 0.1) is 5.92 Å². The van der Waals surface area contributed by atoms with E-state index in [4.69, 9.17) is 4.74 Å². The Balaban J connectivity index is 1.74. The highest BCUT2D eigenvalue weighted by Gasteiger charge is 2.23. The maximum absolute atomic E-state index is 12.5. The Kier molecular flexibility index (Phi) is 4.92. The van der Waals surface area contributed by atoms with Gasteiger partial charge in [0.25, 0.3) is 0 Å². The molecule has 0 N–H and O–H groups in total. The summed E-state index contributed by atoms with van der Waals surface area (Å²) >= 11 is 0. The van der Waals surface area contributed by atoms with E-state index in [1.807, 2.05) is 48.5 Å². The van der Waals surface area contributed by atoms with Crippen LogP contribution in [0.1, 0.15) is 41.6 Å². The van der Waals surface area contributed by atoms with E-state index < -0.39 is 0 Å². The molecule has 1 aliphatic carbocycles. The van der Waals surface area contributed by atoms with E-state index >= 15 is 0 Å². The molecule has 2 heteroatoms. The quantitative estimate of drug-likeness (QED) is 0.714. The molecular formula is C21H22O2. The molecule has 1 saturated carbocycles.